The maximum atomic E-state index is 13.8. The lowest BCUT2D eigenvalue weighted by molar-refractivity contribution is 0.0936. The zero-order chi connectivity index (χ0) is 28.1. The van der Waals surface area contributed by atoms with Crippen LogP contribution in [0.3, 0.4) is 0 Å². The lowest BCUT2D eigenvalue weighted by Gasteiger charge is -2.17. The second-order valence-electron chi connectivity index (χ2n) is 9.14. The molecule has 0 aliphatic heterocycles. The number of thioether (sulfide) groups is 1. The van der Waals surface area contributed by atoms with E-state index in [4.69, 9.17) is 14.5 Å². The molecule has 1 N–H and O–H groups in total. The fourth-order valence-electron chi connectivity index (χ4n) is 4.05. The van der Waals surface area contributed by atoms with Crippen molar-refractivity contribution in [2.75, 3.05) is 27.4 Å². The van der Waals surface area contributed by atoms with Crippen LogP contribution in [-0.4, -0.2) is 53.9 Å². The predicted octanol–water partition coefficient (Wildman–Crippen LogP) is 4.75. The third kappa shape index (κ3) is 6.21. The Kier molecular flexibility index (Phi) is 8.83. The van der Waals surface area contributed by atoms with E-state index in [1.165, 1.54) is 16.3 Å². The van der Waals surface area contributed by atoms with Crippen molar-refractivity contribution in [2.24, 2.45) is 0 Å². The van der Waals surface area contributed by atoms with E-state index in [0.717, 1.165) is 11.1 Å². The largest absolute Gasteiger partial charge is 0.497 e. The average Bonchev–Trinajstić information content (AvgIpc) is 2.94. The molecule has 0 bridgehead atoms. The number of ether oxygens (including phenoxy) is 2. The second kappa shape index (κ2) is 12.3. The molecule has 0 aliphatic carbocycles. The minimum atomic E-state index is -0.526. The summed E-state index contributed by atoms with van der Waals surface area (Å²) in [7, 11) is 3.13. The third-order valence-corrected chi connectivity index (χ3v) is 7.52. The Bertz CT molecular complexity index is 1580. The number of amides is 1. The van der Waals surface area contributed by atoms with Gasteiger partial charge in [-0.15, -0.1) is 0 Å². The van der Waals surface area contributed by atoms with Crippen molar-refractivity contribution in [3.05, 3.63) is 93.3 Å². The van der Waals surface area contributed by atoms with Gasteiger partial charge in [-0.1, -0.05) is 23.9 Å². The van der Waals surface area contributed by atoms with Gasteiger partial charge in [-0.2, -0.15) is 0 Å². The van der Waals surface area contributed by atoms with E-state index in [0.29, 0.717) is 51.8 Å². The Morgan fingerprint density at radius 2 is 1.69 bits per heavy atom. The molecule has 4 rings (SSSR count). The van der Waals surface area contributed by atoms with Crippen molar-refractivity contribution >= 4 is 34.4 Å². The number of fused-ring (bicyclic) bond motifs is 1. The molecule has 1 atom stereocenters. The molecule has 1 aromatic heterocycles. The van der Waals surface area contributed by atoms with E-state index in [1.54, 1.807) is 63.6 Å². The third-order valence-electron chi connectivity index (χ3n) is 6.47. The number of nitrogens with zero attached hydrogens (tertiary/aromatic N) is 2. The summed E-state index contributed by atoms with van der Waals surface area (Å²) in [4.78, 5) is 44.5. The van der Waals surface area contributed by atoms with Gasteiger partial charge in [0.25, 0.3) is 11.5 Å². The van der Waals surface area contributed by atoms with Crippen LogP contribution in [-0.2, 0) is 4.74 Å². The highest BCUT2D eigenvalue weighted by atomic mass is 32.2. The minimum absolute atomic E-state index is 0.0648. The molecule has 3 aromatic carbocycles. The van der Waals surface area contributed by atoms with Crippen molar-refractivity contribution in [1.29, 1.82) is 0 Å². The Hall–Kier alpha value is -3.95. The number of ketones is 1. The number of hydrogen-bond donors (Lipinski definition) is 1. The van der Waals surface area contributed by atoms with Crippen LogP contribution < -0.4 is 15.6 Å². The van der Waals surface area contributed by atoms with Crippen LogP contribution in [0.25, 0.3) is 16.6 Å². The first-order chi connectivity index (χ1) is 18.7. The van der Waals surface area contributed by atoms with Crippen molar-refractivity contribution in [3.8, 4) is 11.4 Å². The molecule has 1 unspecified atom stereocenters. The predicted molar refractivity (Wildman–Crippen MR) is 154 cm³/mol. The molecule has 9 heteroatoms. The summed E-state index contributed by atoms with van der Waals surface area (Å²) in [6, 6.07) is 17.5. The highest BCUT2D eigenvalue weighted by Gasteiger charge is 2.22. The lowest BCUT2D eigenvalue weighted by atomic mass is 10.0. The molecule has 8 nitrogen and oxygen atoms in total. The Labute approximate surface area is 231 Å². The summed E-state index contributed by atoms with van der Waals surface area (Å²) in [6.07, 6.45) is 0. The summed E-state index contributed by atoms with van der Waals surface area (Å²) < 4.78 is 11.8. The monoisotopic (exact) mass is 545 g/mol. The minimum Gasteiger partial charge on any atom is -0.497 e. The summed E-state index contributed by atoms with van der Waals surface area (Å²) in [5.74, 6) is 0.296. The zero-order valence-corrected chi connectivity index (χ0v) is 23.4. The van der Waals surface area contributed by atoms with Gasteiger partial charge in [-0.05, 0) is 80.4 Å². The Morgan fingerprint density at radius 3 is 2.36 bits per heavy atom. The maximum absolute atomic E-state index is 13.8. The Morgan fingerprint density at radius 1 is 0.974 bits per heavy atom. The van der Waals surface area contributed by atoms with Crippen molar-refractivity contribution in [3.63, 3.8) is 0 Å². The van der Waals surface area contributed by atoms with Crippen molar-refractivity contribution in [1.82, 2.24) is 14.9 Å². The van der Waals surface area contributed by atoms with E-state index in [2.05, 4.69) is 5.32 Å². The van der Waals surface area contributed by atoms with Gasteiger partial charge >= 0.3 is 0 Å². The summed E-state index contributed by atoms with van der Waals surface area (Å²) in [5.41, 5.74) is 3.79. The summed E-state index contributed by atoms with van der Waals surface area (Å²) >= 11 is 1.20. The first kappa shape index (κ1) is 28.1. The van der Waals surface area contributed by atoms with Gasteiger partial charge in [0.05, 0.1) is 35.6 Å². The number of carbonyl (C=O) groups excluding carboxylic acids is 2. The lowest BCUT2D eigenvalue weighted by Crippen LogP contribution is -2.27. The molecule has 0 radical (unpaired) electrons. The molecular weight excluding hydrogens is 514 g/mol. The molecule has 0 aliphatic rings. The van der Waals surface area contributed by atoms with Gasteiger partial charge in [-0.3, -0.25) is 19.0 Å². The van der Waals surface area contributed by atoms with Gasteiger partial charge in [0.15, 0.2) is 10.9 Å². The van der Waals surface area contributed by atoms with Crippen LogP contribution in [0, 0.1) is 13.8 Å². The van der Waals surface area contributed by atoms with Gasteiger partial charge in [-0.25, -0.2) is 4.98 Å². The Balaban J connectivity index is 1.78. The molecule has 0 fully saturated rings. The first-order valence-corrected chi connectivity index (χ1v) is 13.4. The number of nitrogens with one attached hydrogen (secondary N) is 1. The standard InChI is InChI=1S/C30H31N3O5S/c1-18-6-7-21(16-19(18)2)27(34)20(3)39-30-32-26-17-22(28(35)31-14-15-37-4)8-13-25(26)29(36)33(30)23-9-11-24(38-5)12-10-23/h6-13,16-17,20H,14-15H2,1-5H3,(H,31,35). The second-order valence-corrected chi connectivity index (χ2v) is 10.4. The number of rotatable bonds is 10. The highest BCUT2D eigenvalue weighted by molar-refractivity contribution is 8.00. The molecule has 1 heterocycles. The SMILES string of the molecule is COCCNC(=O)c1ccc2c(=O)n(-c3ccc(OC)cc3)c(SC(C)C(=O)c3ccc(C)c(C)c3)nc2c1. The molecule has 1 amide bonds. The van der Waals surface area contributed by atoms with E-state index >= 15 is 0 Å². The quantitative estimate of drug-likeness (QED) is 0.133. The smallest absolute Gasteiger partial charge is 0.266 e. The molecule has 202 valence electrons. The molecular formula is C30H31N3O5S. The maximum Gasteiger partial charge on any atom is 0.266 e. The van der Waals surface area contributed by atoms with Crippen LogP contribution in [0.15, 0.2) is 70.6 Å². The fraction of sp³-hybridized carbons (Fsp3) is 0.267. The van der Waals surface area contributed by atoms with Crippen LogP contribution in [0.5, 0.6) is 5.75 Å². The number of carbonyl (C=O) groups is 2. The van der Waals surface area contributed by atoms with E-state index in [1.807, 2.05) is 32.0 Å². The highest BCUT2D eigenvalue weighted by Crippen LogP contribution is 2.28. The molecule has 0 spiro atoms. The molecule has 0 saturated heterocycles. The van der Waals surface area contributed by atoms with Gasteiger partial charge < -0.3 is 14.8 Å². The van der Waals surface area contributed by atoms with Crippen LogP contribution in [0.1, 0.15) is 38.8 Å². The fourth-order valence-corrected chi connectivity index (χ4v) is 5.06. The zero-order valence-electron chi connectivity index (χ0n) is 22.6. The number of aromatic nitrogens is 2. The topological polar surface area (TPSA) is 99.5 Å². The first-order valence-electron chi connectivity index (χ1n) is 12.5. The van der Waals surface area contributed by atoms with Gasteiger partial charge in [0.2, 0.25) is 0 Å². The average molecular weight is 546 g/mol. The van der Waals surface area contributed by atoms with Crippen molar-refractivity contribution in [2.45, 2.75) is 31.2 Å². The number of benzene rings is 3. The van der Waals surface area contributed by atoms with Crippen molar-refractivity contribution < 1.29 is 19.1 Å². The summed E-state index contributed by atoms with van der Waals surface area (Å²) in [5, 5.41) is 2.96. The normalized spacial score (nSPS) is 11.8. The number of Topliss-reactive ketones (excluding diaryl/α,β-unsaturated/α-hetero) is 1. The van der Waals surface area contributed by atoms with E-state index in [9.17, 15) is 14.4 Å². The molecule has 4 aromatic rings. The van der Waals surface area contributed by atoms with Gasteiger partial charge in [0.1, 0.15) is 5.75 Å². The van der Waals surface area contributed by atoms with E-state index in [-0.39, 0.29) is 17.2 Å². The van der Waals surface area contributed by atoms with Crippen LogP contribution >= 0.6 is 11.8 Å². The van der Waals surface area contributed by atoms with E-state index < -0.39 is 5.25 Å². The summed E-state index contributed by atoms with van der Waals surface area (Å²) in [6.45, 7) is 6.52. The molecule has 39 heavy (non-hydrogen) atoms. The molecule has 0 saturated carbocycles. The van der Waals surface area contributed by atoms with Crippen LogP contribution in [0.4, 0.5) is 0 Å². The number of hydrogen-bond acceptors (Lipinski definition) is 7. The number of aryl methyl sites for hydroxylation is 2. The number of methoxy groups -OCH3 is 2. The van der Waals surface area contributed by atoms with Gasteiger partial charge in [0, 0.05) is 24.8 Å². The van der Waals surface area contributed by atoms with Crippen LogP contribution in [0.2, 0.25) is 0 Å².